The molecule has 0 aliphatic carbocycles. The average Bonchev–Trinajstić information content (AvgIpc) is 2.57. The Labute approximate surface area is 142 Å². The molecule has 24 heavy (non-hydrogen) atoms. The maximum atomic E-state index is 10.4. The van der Waals surface area contributed by atoms with Crippen LogP contribution >= 0.6 is 0 Å². The average molecular weight is 312 g/mol. The highest BCUT2D eigenvalue weighted by Gasteiger charge is 2.15. The van der Waals surface area contributed by atoms with Gasteiger partial charge in [0.25, 0.3) is 0 Å². The molecule has 1 N–H and O–H groups in total. The lowest BCUT2D eigenvalue weighted by Gasteiger charge is -2.17. The molecule has 0 saturated heterocycles. The van der Waals surface area contributed by atoms with E-state index >= 15 is 0 Å². The van der Waals surface area contributed by atoms with Crippen molar-refractivity contribution in [3.8, 4) is 16.9 Å². The Morgan fingerprint density at radius 3 is 1.88 bits per heavy atom. The third-order valence-electron chi connectivity index (χ3n) is 4.86. The molecule has 0 heterocycles. The number of aromatic hydroxyl groups is 1. The number of rotatable bonds is 1. The second-order valence-corrected chi connectivity index (χ2v) is 6.62. The van der Waals surface area contributed by atoms with Gasteiger partial charge in [-0.3, -0.25) is 0 Å². The van der Waals surface area contributed by atoms with E-state index in [1.54, 1.807) is 6.07 Å². The summed E-state index contributed by atoms with van der Waals surface area (Å²) in [6.07, 6.45) is 0. The van der Waals surface area contributed by atoms with Crippen LogP contribution in [0.5, 0.6) is 5.75 Å². The van der Waals surface area contributed by atoms with Gasteiger partial charge in [-0.05, 0) is 59.5 Å². The fraction of sp³-hybridized carbons (Fsp3) is 0.130. The lowest BCUT2D eigenvalue weighted by atomic mass is 9.87. The van der Waals surface area contributed by atoms with Gasteiger partial charge in [0.15, 0.2) is 0 Å². The summed E-state index contributed by atoms with van der Waals surface area (Å²) in [6.45, 7) is 6.41. The van der Waals surface area contributed by atoms with Crippen LogP contribution in [-0.2, 0) is 0 Å². The Bertz CT molecular complexity index is 1090. The number of phenols is 1. The molecule has 0 spiro atoms. The molecule has 0 fully saturated rings. The van der Waals surface area contributed by atoms with Crippen molar-refractivity contribution < 1.29 is 5.11 Å². The Morgan fingerprint density at radius 2 is 1.21 bits per heavy atom. The molecule has 0 aliphatic rings. The van der Waals surface area contributed by atoms with Crippen molar-refractivity contribution in [2.24, 2.45) is 0 Å². The first-order valence-electron chi connectivity index (χ1n) is 8.28. The van der Waals surface area contributed by atoms with Crippen LogP contribution in [0.15, 0.2) is 60.7 Å². The molecule has 0 saturated carbocycles. The van der Waals surface area contributed by atoms with Crippen molar-refractivity contribution in [1.82, 2.24) is 0 Å². The molecule has 1 heteroatoms. The standard InChI is InChI=1S/C23H20O/c1-14-8-10-17-16(3)23(19-6-4-5-7-22(19)24)18-11-9-15(2)13-21(18)20(17)12-14/h4-13,24H,1-3H3. The van der Waals surface area contributed by atoms with Crippen LogP contribution in [-0.4, -0.2) is 5.11 Å². The lowest BCUT2D eigenvalue weighted by Crippen LogP contribution is -1.91. The number of aryl methyl sites for hydroxylation is 3. The SMILES string of the molecule is Cc1ccc2c(C)c(-c3ccccc3O)c3ccc(C)cc3c2c1. The molecular weight excluding hydrogens is 292 g/mol. The van der Waals surface area contributed by atoms with E-state index < -0.39 is 0 Å². The molecule has 1 nitrogen and oxygen atoms in total. The van der Waals surface area contributed by atoms with Crippen molar-refractivity contribution in [2.75, 3.05) is 0 Å². The highest BCUT2D eigenvalue weighted by molar-refractivity contribution is 6.16. The number of hydrogen-bond donors (Lipinski definition) is 1. The van der Waals surface area contributed by atoms with Crippen molar-refractivity contribution >= 4 is 21.5 Å². The summed E-state index contributed by atoms with van der Waals surface area (Å²) in [5, 5.41) is 15.4. The molecule has 0 radical (unpaired) electrons. The molecule has 0 aliphatic heterocycles. The minimum absolute atomic E-state index is 0.328. The highest BCUT2D eigenvalue weighted by atomic mass is 16.3. The van der Waals surface area contributed by atoms with Gasteiger partial charge in [0.1, 0.15) is 5.75 Å². The molecular formula is C23H20O. The molecule has 0 bridgehead atoms. The minimum Gasteiger partial charge on any atom is -0.507 e. The van der Waals surface area contributed by atoms with E-state index in [1.165, 1.54) is 38.2 Å². The van der Waals surface area contributed by atoms with Gasteiger partial charge in [-0.2, -0.15) is 0 Å². The van der Waals surface area contributed by atoms with Gasteiger partial charge in [-0.15, -0.1) is 0 Å². The summed E-state index contributed by atoms with van der Waals surface area (Å²) in [5.74, 6) is 0.328. The molecule has 0 unspecified atom stereocenters. The van der Waals surface area contributed by atoms with E-state index in [2.05, 4.69) is 57.2 Å². The molecule has 0 amide bonds. The van der Waals surface area contributed by atoms with Crippen molar-refractivity contribution in [3.63, 3.8) is 0 Å². The maximum Gasteiger partial charge on any atom is 0.123 e. The summed E-state index contributed by atoms with van der Waals surface area (Å²) in [6, 6.07) is 20.8. The summed E-state index contributed by atoms with van der Waals surface area (Å²) in [7, 11) is 0. The zero-order chi connectivity index (χ0) is 16.8. The number of benzene rings is 4. The monoisotopic (exact) mass is 312 g/mol. The third-order valence-corrected chi connectivity index (χ3v) is 4.86. The normalized spacial score (nSPS) is 11.3. The first-order chi connectivity index (χ1) is 11.6. The topological polar surface area (TPSA) is 20.2 Å². The van der Waals surface area contributed by atoms with Crippen LogP contribution in [0, 0.1) is 20.8 Å². The van der Waals surface area contributed by atoms with Gasteiger partial charge >= 0.3 is 0 Å². The largest absolute Gasteiger partial charge is 0.507 e. The van der Waals surface area contributed by atoms with E-state index in [9.17, 15) is 5.11 Å². The van der Waals surface area contributed by atoms with Gasteiger partial charge in [0.05, 0.1) is 0 Å². The van der Waals surface area contributed by atoms with Gasteiger partial charge in [-0.1, -0.05) is 65.7 Å². The molecule has 0 aromatic heterocycles. The highest BCUT2D eigenvalue weighted by Crippen LogP contribution is 2.42. The van der Waals surface area contributed by atoms with Crippen molar-refractivity contribution in [2.45, 2.75) is 20.8 Å². The molecule has 4 aromatic rings. The summed E-state index contributed by atoms with van der Waals surface area (Å²) in [4.78, 5) is 0. The number of fused-ring (bicyclic) bond motifs is 3. The predicted molar refractivity (Wildman–Crippen MR) is 103 cm³/mol. The van der Waals surface area contributed by atoms with E-state index in [1.807, 2.05) is 18.2 Å². The van der Waals surface area contributed by atoms with Gasteiger partial charge < -0.3 is 5.11 Å². The van der Waals surface area contributed by atoms with Crippen LogP contribution < -0.4 is 0 Å². The third kappa shape index (κ3) is 2.16. The Morgan fingerprint density at radius 1 is 0.625 bits per heavy atom. The van der Waals surface area contributed by atoms with Crippen LogP contribution in [0.25, 0.3) is 32.7 Å². The van der Waals surface area contributed by atoms with Crippen molar-refractivity contribution in [1.29, 1.82) is 0 Å². The van der Waals surface area contributed by atoms with E-state index in [-0.39, 0.29) is 0 Å². The van der Waals surface area contributed by atoms with Crippen LogP contribution in [0.4, 0.5) is 0 Å². The van der Waals surface area contributed by atoms with Gasteiger partial charge in [0, 0.05) is 5.56 Å². The van der Waals surface area contributed by atoms with Crippen LogP contribution in [0.2, 0.25) is 0 Å². The summed E-state index contributed by atoms with van der Waals surface area (Å²) in [5.41, 5.74) is 5.74. The van der Waals surface area contributed by atoms with Gasteiger partial charge in [0.2, 0.25) is 0 Å². The Hall–Kier alpha value is -2.80. The number of hydrogen-bond acceptors (Lipinski definition) is 1. The lowest BCUT2D eigenvalue weighted by molar-refractivity contribution is 0.477. The van der Waals surface area contributed by atoms with E-state index in [0.29, 0.717) is 5.75 Å². The van der Waals surface area contributed by atoms with E-state index in [0.717, 1.165) is 11.1 Å². The molecule has 4 aromatic carbocycles. The fourth-order valence-corrected chi connectivity index (χ4v) is 3.68. The van der Waals surface area contributed by atoms with Gasteiger partial charge in [-0.25, -0.2) is 0 Å². The number of para-hydroxylation sites is 1. The quantitative estimate of drug-likeness (QED) is 0.409. The Kier molecular flexibility index (Phi) is 3.31. The zero-order valence-electron chi connectivity index (χ0n) is 14.2. The Balaban J connectivity index is 2.27. The smallest absolute Gasteiger partial charge is 0.123 e. The second kappa shape index (κ2) is 5.38. The first-order valence-corrected chi connectivity index (χ1v) is 8.28. The summed E-state index contributed by atoms with van der Waals surface area (Å²) < 4.78 is 0. The molecule has 4 rings (SSSR count). The minimum atomic E-state index is 0.328. The maximum absolute atomic E-state index is 10.4. The zero-order valence-corrected chi connectivity index (χ0v) is 14.2. The fourth-order valence-electron chi connectivity index (χ4n) is 3.68. The molecule has 0 atom stereocenters. The van der Waals surface area contributed by atoms with Crippen molar-refractivity contribution in [3.05, 3.63) is 77.4 Å². The molecule has 118 valence electrons. The summed E-state index contributed by atoms with van der Waals surface area (Å²) >= 11 is 0. The van der Waals surface area contributed by atoms with Crippen LogP contribution in [0.1, 0.15) is 16.7 Å². The first kappa shape index (κ1) is 14.8. The van der Waals surface area contributed by atoms with Crippen LogP contribution in [0.3, 0.4) is 0 Å². The van der Waals surface area contributed by atoms with E-state index in [4.69, 9.17) is 0 Å². The second-order valence-electron chi connectivity index (χ2n) is 6.62. The predicted octanol–water partition coefficient (Wildman–Crippen LogP) is 6.29. The number of phenolic OH excluding ortho intramolecular Hbond substituents is 1.